The molecule has 0 saturated carbocycles. The maximum Gasteiger partial charge on any atom is 0.311 e. The van der Waals surface area contributed by atoms with E-state index in [4.69, 9.17) is 5.73 Å². The Labute approximate surface area is 66.5 Å². The average Bonchev–Trinajstić information content (AvgIpc) is 1.87. The van der Waals surface area contributed by atoms with E-state index in [9.17, 15) is 14.7 Å². The van der Waals surface area contributed by atoms with E-state index in [1.54, 1.807) is 6.55 Å². The fourth-order valence-electron chi connectivity index (χ4n) is 0.418. The Morgan fingerprint density at radius 3 is 2.64 bits per heavy atom. The molecule has 0 aliphatic heterocycles. The third-order valence-corrected chi connectivity index (χ3v) is 1.34. The van der Waals surface area contributed by atoms with E-state index >= 15 is 0 Å². The molecule has 0 amide bonds. The lowest BCUT2D eigenvalue weighted by Crippen LogP contribution is -2.43. The number of carbonyl (C=O) groups excluding carboxylic acids is 2. The van der Waals surface area contributed by atoms with Crippen LogP contribution in [-0.2, 0) is 14.0 Å². The van der Waals surface area contributed by atoms with Crippen molar-refractivity contribution in [2.24, 2.45) is 5.73 Å². The van der Waals surface area contributed by atoms with E-state index in [2.05, 4.69) is 4.43 Å². The van der Waals surface area contributed by atoms with E-state index in [0.717, 1.165) is 0 Å². The standard InChI is InChI=1S/C5H9NO4Si/c1-11-10-4(7)2-3(6)5(8)9/h3H,2,6H2,1H3,(H,8,9)/p-1. The molecule has 62 valence electrons. The average molecular weight is 174 g/mol. The normalized spacial score (nSPS) is 12.2. The number of hydrogen-bond acceptors (Lipinski definition) is 5. The van der Waals surface area contributed by atoms with Crippen LogP contribution in [0.2, 0.25) is 6.55 Å². The van der Waals surface area contributed by atoms with Crippen molar-refractivity contribution in [3.8, 4) is 0 Å². The van der Waals surface area contributed by atoms with Gasteiger partial charge in [0.1, 0.15) is 0 Å². The maximum atomic E-state index is 10.6. The minimum absolute atomic E-state index is 0.0128. The lowest BCUT2D eigenvalue weighted by atomic mass is 10.2. The molecule has 1 unspecified atom stereocenters. The van der Waals surface area contributed by atoms with Gasteiger partial charge in [-0.25, -0.2) is 0 Å². The minimum Gasteiger partial charge on any atom is -0.548 e. The Morgan fingerprint density at radius 2 is 2.27 bits per heavy atom. The van der Waals surface area contributed by atoms with Gasteiger partial charge in [-0.05, 0) is 6.55 Å². The van der Waals surface area contributed by atoms with Crippen molar-refractivity contribution in [1.82, 2.24) is 0 Å². The smallest absolute Gasteiger partial charge is 0.311 e. The summed E-state index contributed by atoms with van der Waals surface area (Å²) in [5.74, 6) is -2.05. The Balaban J connectivity index is 3.66. The molecule has 2 radical (unpaired) electrons. The van der Waals surface area contributed by atoms with Gasteiger partial charge < -0.3 is 20.1 Å². The fourth-order valence-corrected chi connectivity index (χ4v) is 0.729. The molecule has 0 rings (SSSR count). The van der Waals surface area contributed by atoms with Crippen LogP contribution in [0.25, 0.3) is 0 Å². The Morgan fingerprint density at radius 1 is 1.73 bits per heavy atom. The number of carbonyl (C=O) groups is 2. The third kappa shape index (κ3) is 4.51. The predicted octanol–water partition coefficient (Wildman–Crippen LogP) is -2.34. The zero-order valence-corrected chi connectivity index (χ0v) is 6.99. The third-order valence-electron chi connectivity index (χ3n) is 0.905. The molecule has 0 aromatic rings. The van der Waals surface area contributed by atoms with Crippen molar-refractivity contribution in [3.05, 3.63) is 0 Å². The summed E-state index contributed by atoms with van der Waals surface area (Å²) in [6.07, 6.45) is -0.330. The topological polar surface area (TPSA) is 92.5 Å². The first-order valence-corrected chi connectivity index (χ1v) is 4.31. The molecule has 0 aliphatic carbocycles. The molecule has 0 aromatic heterocycles. The van der Waals surface area contributed by atoms with Gasteiger partial charge in [0.25, 0.3) is 5.97 Å². The zero-order valence-electron chi connectivity index (χ0n) is 5.99. The highest BCUT2D eigenvalue weighted by molar-refractivity contribution is 6.28. The molecular weight excluding hydrogens is 166 g/mol. The van der Waals surface area contributed by atoms with Gasteiger partial charge in [-0.3, -0.25) is 4.79 Å². The number of nitrogens with two attached hydrogens (primary N) is 1. The van der Waals surface area contributed by atoms with E-state index in [0.29, 0.717) is 0 Å². The van der Waals surface area contributed by atoms with Crippen LogP contribution in [0, 0.1) is 0 Å². The van der Waals surface area contributed by atoms with Crippen molar-refractivity contribution in [2.45, 2.75) is 19.0 Å². The predicted molar refractivity (Wildman–Crippen MR) is 35.3 cm³/mol. The lowest BCUT2D eigenvalue weighted by molar-refractivity contribution is -0.307. The van der Waals surface area contributed by atoms with Crippen LogP contribution in [-0.4, -0.2) is 27.7 Å². The SMILES string of the molecule is C[Si]OC(=O)CC(N)C(=O)[O-]. The number of rotatable bonds is 4. The minimum atomic E-state index is -1.44. The van der Waals surface area contributed by atoms with Gasteiger partial charge in [-0.1, -0.05) is 0 Å². The second-order valence-electron chi connectivity index (χ2n) is 1.81. The second kappa shape index (κ2) is 4.86. The van der Waals surface area contributed by atoms with Gasteiger partial charge in [-0.15, -0.1) is 0 Å². The lowest BCUT2D eigenvalue weighted by Gasteiger charge is -2.10. The van der Waals surface area contributed by atoms with Crippen LogP contribution >= 0.6 is 0 Å². The summed E-state index contributed by atoms with van der Waals surface area (Å²) in [5, 5.41) is 10.00. The van der Waals surface area contributed by atoms with Gasteiger partial charge in [0, 0.05) is 0 Å². The van der Waals surface area contributed by atoms with Crippen LogP contribution in [0.4, 0.5) is 0 Å². The summed E-state index contributed by atoms with van der Waals surface area (Å²) in [6.45, 7) is 1.66. The highest BCUT2D eigenvalue weighted by atomic mass is 28.2. The summed E-state index contributed by atoms with van der Waals surface area (Å²) >= 11 is 0. The Bertz CT molecular complexity index is 161. The first kappa shape index (κ1) is 10.1. The highest BCUT2D eigenvalue weighted by Crippen LogP contribution is 1.89. The van der Waals surface area contributed by atoms with Crippen LogP contribution < -0.4 is 10.8 Å². The summed E-state index contributed by atoms with van der Waals surface area (Å²) < 4.78 is 4.48. The van der Waals surface area contributed by atoms with E-state index in [1.165, 1.54) is 0 Å². The molecule has 0 aromatic carbocycles. The molecule has 1 atom stereocenters. The number of carboxylic acids is 1. The van der Waals surface area contributed by atoms with E-state index in [-0.39, 0.29) is 16.2 Å². The summed E-state index contributed by atoms with van der Waals surface area (Å²) in [7, 11) is 0.0128. The fraction of sp³-hybridized carbons (Fsp3) is 0.600. The van der Waals surface area contributed by atoms with Gasteiger partial charge in [-0.2, -0.15) is 0 Å². The molecule has 0 bridgehead atoms. The Hall–Kier alpha value is -0.883. The van der Waals surface area contributed by atoms with Gasteiger partial charge in [0.15, 0.2) is 0 Å². The molecule has 0 heterocycles. The molecule has 0 saturated heterocycles. The van der Waals surface area contributed by atoms with Crippen molar-refractivity contribution in [2.75, 3.05) is 0 Å². The maximum absolute atomic E-state index is 10.6. The molecule has 11 heavy (non-hydrogen) atoms. The van der Waals surface area contributed by atoms with Crippen molar-refractivity contribution >= 4 is 21.7 Å². The van der Waals surface area contributed by atoms with Gasteiger partial charge >= 0.3 is 9.76 Å². The highest BCUT2D eigenvalue weighted by Gasteiger charge is 2.10. The molecule has 6 heteroatoms. The largest absolute Gasteiger partial charge is 0.548 e. The van der Waals surface area contributed by atoms with E-state index in [1.807, 2.05) is 0 Å². The number of aliphatic carboxylic acids is 1. The van der Waals surface area contributed by atoms with E-state index < -0.39 is 18.0 Å². The van der Waals surface area contributed by atoms with Gasteiger partial charge in [0.2, 0.25) is 0 Å². The molecular formula is C5H8NO4Si-. The second-order valence-corrected chi connectivity index (χ2v) is 2.42. The van der Waals surface area contributed by atoms with Crippen LogP contribution in [0.3, 0.4) is 0 Å². The zero-order chi connectivity index (χ0) is 8.85. The van der Waals surface area contributed by atoms with Crippen molar-refractivity contribution < 1.29 is 19.1 Å². The molecule has 5 nitrogen and oxygen atoms in total. The first-order valence-electron chi connectivity index (χ1n) is 2.90. The molecule has 0 spiro atoms. The van der Waals surface area contributed by atoms with Crippen LogP contribution in [0.15, 0.2) is 0 Å². The van der Waals surface area contributed by atoms with Crippen molar-refractivity contribution in [1.29, 1.82) is 0 Å². The molecule has 2 N–H and O–H groups in total. The monoisotopic (exact) mass is 174 g/mol. The summed E-state index contributed by atoms with van der Waals surface area (Å²) in [6, 6.07) is -1.26. The quantitative estimate of drug-likeness (QED) is 0.482. The van der Waals surface area contributed by atoms with Crippen molar-refractivity contribution in [3.63, 3.8) is 0 Å². The van der Waals surface area contributed by atoms with Gasteiger partial charge in [0.05, 0.1) is 18.4 Å². The van der Waals surface area contributed by atoms with Crippen LogP contribution in [0.5, 0.6) is 0 Å². The molecule has 0 aliphatic rings. The molecule has 0 fully saturated rings. The summed E-state index contributed by atoms with van der Waals surface area (Å²) in [5.41, 5.74) is 4.99. The Kier molecular flexibility index (Phi) is 4.47. The summed E-state index contributed by atoms with van der Waals surface area (Å²) in [4.78, 5) is 20.6. The number of carboxylic acid groups (broad SMARTS) is 1. The van der Waals surface area contributed by atoms with Crippen LogP contribution in [0.1, 0.15) is 6.42 Å². The first-order chi connectivity index (χ1) is 5.07. The number of hydrogen-bond donors (Lipinski definition) is 1.